The van der Waals surface area contributed by atoms with E-state index in [0.29, 0.717) is 24.2 Å². The molecule has 1 aliphatic heterocycles. The van der Waals surface area contributed by atoms with Crippen LogP contribution in [0.5, 0.6) is 5.75 Å². The van der Waals surface area contributed by atoms with E-state index in [0.717, 1.165) is 18.8 Å². The number of hydrogen-bond donors (Lipinski definition) is 1. The average molecular weight is 261 g/mol. The smallest absolute Gasteiger partial charge is 0.120 e. The highest BCUT2D eigenvalue weighted by molar-refractivity contribution is 5.31. The minimum atomic E-state index is 0.324. The lowest BCUT2D eigenvalue weighted by Gasteiger charge is -2.26. The van der Waals surface area contributed by atoms with E-state index in [1.54, 1.807) is 0 Å². The molecule has 1 aromatic carbocycles. The van der Waals surface area contributed by atoms with Crippen LogP contribution in [0.4, 0.5) is 0 Å². The van der Waals surface area contributed by atoms with Crippen molar-refractivity contribution in [1.82, 2.24) is 5.32 Å². The zero-order valence-electron chi connectivity index (χ0n) is 11.8. The van der Waals surface area contributed by atoms with Crippen molar-refractivity contribution in [3.8, 4) is 5.75 Å². The summed E-state index contributed by atoms with van der Waals surface area (Å²) in [6.45, 7) is 3.05. The Hall–Kier alpha value is -1.06. The fourth-order valence-corrected chi connectivity index (χ4v) is 2.97. The van der Waals surface area contributed by atoms with E-state index in [4.69, 9.17) is 9.47 Å². The second kappa shape index (κ2) is 5.51. The first-order valence-corrected chi connectivity index (χ1v) is 7.33. The van der Waals surface area contributed by atoms with Crippen LogP contribution in [0.15, 0.2) is 24.3 Å². The van der Waals surface area contributed by atoms with Gasteiger partial charge in [0.2, 0.25) is 0 Å². The van der Waals surface area contributed by atoms with Crippen LogP contribution in [0, 0.1) is 5.92 Å². The third-order valence-corrected chi connectivity index (χ3v) is 4.22. The van der Waals surface area contributed by atoms with Crippen molar-refractivity contribution in [2.24, 2.45) is 5.92 Å². The summed E-state index contributed by atoms with van der Waals surface area (Å²) in [6.07, 6.45) is 4.31. The Morgan fingerprint density at radius 1 is 1.32 bits per heavy atom. The van der Waals surface area contributed by atoms with Crippen LogP contribution in [0.3, 0.4) is 0 Å². The quantitative estimate of drug-likeness (QED) is 0.884. The average Bonchev–Trinajstić information content (AvgIpc) is 3.13. The Morgan fingerprint density at radius 2 is 2.16 bits per heavy atom. The lowest BCUT2D eigenvalue weighted by atomic mass is 9.88. The first-order chi connectivity index (χ1) is 9.28. The lowest BCUT2D eigenvalue weighted by Crippen LogP contribution is -2.29. The van der Waals surface area contributed by atoms with E-state index in [9.17, 15) is 0 Å². The zero-order chi connectivity index (χ0) is 13.2. The van der Waals surface area contributed by atoms with Crippen molar-refractivity contribution in [3.63, 3.8) is 0 Å². The van der Waals surface area contributed by atoms with Gasteiger partial charge in [-0.05, 0) is 50.9 Å². The first-order valence-electron chi connectivity index (χ1n) is 7.33. The molecule has 0 aromatic heterocycles. The molecule has 1 aliphatic carbocycles. The molecular formula is C16H23NO2. The van der Waals surface area contributed by atoms with Crippen molar-refractivity contribution >= 4 is 0 Å². The summed E-state index contributed by atoms with van der Waals surface area (Å²) < 4.78 is 11.6. The molecule has 3 atom stereocenters. The number of rotatable bonds is 5. The van der Waals surface area contributed by atoms with Gasteiger partial charge in [0.1, 0.15) is 5.75 Å². The maximum absolute atomic E-state index is 5.89. The van der Waals surface area contributed by atoms with Crippen LogP contribution in [-0.4, -0.2) is 25.9 Å². The summed E-state index contributed by atoms with van der Waals surface area (Å²) in [7, 11) is 2.03. The van der Waals surface area contributed by atoms with Gasteiger partial charge in [-0.25, -0.2) is 0 Å². The van der Waals surface area contributed by atoms with Gasteiger partial charge < -0.3 is 14.8 Å². The standard InChI is InChI=1S/C16H23NO2/c1-11-15(8-9-18-11)16(17-2)12-4-3-5-14(10-12)19-13-6-7-13/h3-5,10-11,13,15-17H,6-9H2,1-2H3. The number of hydrogen-bond acceptors (Lipinski definition) is 3. The van der Waals surface area contributed by atoms with Crippen LogP contribution in [0.1, 0.15) is 37.8 Å². The Balaban J connectivity index is 1.77. The molecule has 19 heavy (non-hydrogen) atoms. The second-order valence-electron chi connectivity index (χ2n) is 5.68. The molecule has 0 spiro atoms. The Bertz CT molecular complexity index is 431. The highest BCUT2D eigenvalue weighted by Crippen LogP contribution is 2.35. The zero-order valence-corrected chi connectivity index (χ0v) is 11.8. The second-order valence-corrected chi connectivity index (χ2v) is 5.68. The highest BCUT2D eigenvalue weighted by Gasteiger charge is 2.32. The summed E-state index contributed by atoms with van der Waals surface area (Å²) in [5.41, 5.74) is 1.31. The van der Waals surface area contributed by atoms with Crippen LogP contribution >= 0.6 is 0 Å². The summed E-state index contributed by atoms with van der Waals surface area (Å²) in [6, 6.07) is 8.87. The van der Waals surface area contributed by atoms with Gasteiger partial charge in [0, 0.05) is 18.6 Å². The molecular weight excluding hydrogens is 238 g/mol. The van der Waals surface area contributed by atoms with E-state index >= 15 is 0 Å². The topological polar surface area (TPSA) is 30.5 Å². The molecule has 1 aromatic rings. The van der Waals surface area contributed by atoms with Crippen molar-refractivity contribution in [1.29, 1.82) is 0 Å². The number of nitrogens with one attached hydrogen (secondary N) is 1. The summed E-state index contributed by atoms with van der Waals surface area (Å²) >= 11 is 0. The number of ether oxygens (including phenoxy) is 2. The molecule has 3 heteroatoms. The van der Waals surface area contributed by atoms with Crippen molar-refractivity contribution in [2.75, 3.05) is 13.7 Å². The van der Waals surface area contributed by atoms with E-state index in [1.165, 1.54) is 18.4 Å². The molecule has 0 amide bonds. The van der Waals surface area contributed by atoms with Crippen LogP contribution in [0.2, 0.25) is 0 Å². The molecule has 3 nitrogen and oxygen atoms in total. The Labute approximate surface area is 115 Å². The monoisotopic (exact) mass is 261 g/mol. The lowest BCUT2D eigenvalue weighted by molar-refractivity contribution is 0.0962. The molecule has 3 rings (SSSR count). The van der Waals surface area contributed by atoms with Crippen LogP contribution in [-0.2, 0) is 4.74 Å². The van der Waals surface area contributed by atoms with E-state index in [2.05, 4.69) is 36.5 Å². The van der Waals surface area contributed by atoms with Gasteiger partial charge in [0.15, 0.2) is 0 Å². The van der Waals surface area contributed by atoms with Gasteiger partial charge in [-0.1, -0.05) is 12.1 Å². The minimum Gasteiger partial charge on any atom is -0.490 e. The highest BCUT2D eigenvalue weighted by atomic mass is 16.5. The predicted molar refractivity (Wildman–Crippen MR) is 75.4 cm³/mol. The minimum absolute atomic E-state index is 0.324. The van der Waals surface area contributed by atoms with Gasteiger partial charge >= 0.3 is 0 Å². The molecule has 0 bridgehead atoms. The maximum Gasteiger partial charge on any atom is 0.120 e. The van der Waals surface area contributed by atoms with Crippen molar-refractivity contribution < 1.29 is 9.47 Å². The summed E-state index contributed by atoms with van der Waals surface area (Å²) in [4.78, 5) is 0. The van der Waals surface area contributed by atoms with Crippen LogP contribution < -0.4 is 10.1 Å². The van der Waals surface area contributed by atoms with Crippen molar-refractivity contribution in [2.45, 2.75) is 44.4 Å². The molecule has 104 valence electrons. The largest absolute Gasteiger partial charge is 0.490 e. The molecule has 0 radical (unpaired) electrons. The van der Waals surface area contributed by atoms with Gasteiger partial charge in [0.25, 0.3) is 0 Å². The van der Waals surface area contributed by atoms with Gasteiger partial charge in [-0.3, -0.25) is 0 Å². The number of benzene rings is 1. The van der Waals surface area contributed by atoms with E-state index in [-0.39, 0.29) is 0 Å². The summed E-state index contributed by atoms with van der Waals surface area (Å²) in [5, 5.41) is 3.45. The van der Waals surface area contributed by atoms with Crippen LogP contribution in [0.25, 0.3) is 0 Å². The Morgan fingerprint density at radius 3 is 2.79 bits per heavy atom. The molecule has 1 saturated heterocycles. The first kappa shape index (κ1) is 12.9. The van der Waals surface area contributed by atoms with Crippen molar-refractivity contribution in [3.05, 3.63) is 29.8 Å². The van der Waals surface area contributed by atoms with Gasteiger partial charge in [-0.15, -0.1) is 0 Å². The predicted octanol–water partition coefficient (Wildman–Crippen LogP) is 2.91. The van der Waals surface area contributed by atoms with Gasteiger partial charge in [-0.2, -0.15) is 0 Å². The fraction of sp³-hybridized carbons (Fsp3) is 0.625. The molecule has 2 fully saturated rings. The SMILES string of the molecule is CNC(c1cccc(OC2CC2)c1)C1CCOC1C. The molecule has 2 aliphatic rings. The molecule has 1 heterocycles. The van der Waals surface area contributed by atoms with E-state index < -0.39 is 0 Å². The maximum atomic E-state index is 5.89. The third-order valence-electron chi connectivity index (χ3n) is 4.22. The molecule has 3 unspecified atom stereocenters. The normalized spacial score (nSPS) is 28.3. The molecule has 1 N–H and O–H groups in total. The molecule has 1 saturated carbocycles. The van der Waals surface area contributed by atoms with E-state index in [1.807, 2.05) is 7.05 Å². The van der Waals surface area contributed by atoms with Gasteiger partial charge in [0.05, 0.1) is 12.2 Å². The summed E-state index contributed by atoms with van der Waals surface area (Å²) in [5.74, 6) is 1.55. The Kier molecular flexibility index (Phi) is 3.76. The third kappa shape index (κ3) is 2.93. The fourth-order valence-electron chi connectivity index (χ4n) is 2.97.